The highest BCUT2D eigenvalue weighted by Crippen LogP contribution is 2.24. The van der Waals surface area contributed by atoms with Gasteiger partial charge in [0.15, 0.2) is 0 Å². The van der Waals surface area contributed by atoms with Gasteiger partial charge in [-0.15, -0.1) is 0 Å². The third kappa shape index (κ3) is 8.19. The fourth-order valence-electron chi connectivity index (χ4n) is 1.74. The summed E-state index contributed by atoms with van der Waals surface area (Å²) in [4.78, 5) is 14.1. The molecule has 0 atom stereocenters. The van der Waals surface area contributed by atoms with Gasteiger partial charge in [0, 0.05) is 18.5 Å². The van der Waals surface area contributed by atoms with Crippen molar-refractivity contribution in [2.45, 2.75) is 52.9 Å². The Hall–Kier alpha value is -0.570. The summed E-state index contributed by atoms with van der Waals surface area (Å²) in [6.45, 7) is 7.94. The maximum absolute atomic E-state index is 12.0. The topological polar surface area (TPSA) is 32.3 Å². The van der Waals surface area contributed by atoms with Crippen LogP contribution in [0.4, 0.5) is 0 Å². The first-order chi connectivity index (χ1) is 7.90. The van der Waals surface area contributed by atoms with Crippen LogP contribution in [0, 0.1) is 5.41 Å². The molecule has 1 amide bonds. The molecule has 0 heterocycles. The smallest absolute Gasteiger partial charge is 0.225 e. The summed E-state index contributed by atoms with van der Waals surface area (Å²) in [5.41, 5.74) is -0.222. The van der Waals surface area contributed by atoms with E-state index in [4.69, 9.17) is 0 Å². The molecule has 0 saturated heterocycles. The number of amides is 1. The van der Waals surface area contributed by atoms with E-state index >= 15 is 0 Å². The van der Waals surface area contributed by atoms with Gasteiger partial charge in [-0.2, -0.15) is 0 Å². The van der Waals surface area contributed by atoms with Crippen molar-refractivity contribution < 1.29 is 4.79 Å². The first-order valence-corrected chi connectivity index (χ1v) is 6.83. The number of hydrogen-bond donors (Lipinski definition) is 1. The summed E-state index contributed by atoms with van der Waals surface area (Å²) in [5.74, 6) is 0.191. The fourth-order valence-corrected chi connectivity index (χ4v) is 1.74. The molecular formula is C14H30N2O. The SMILES string of the molecule is CCCCCCC(C)(C)C(=O)NCCN(C)C. The van der Waals surface area contributed by atoms with E-state index < -0.39 is 0 Å². The van der Waals surface area contributed by atoms with Crippen molar-refractivity contribution in [2.75, 3.05) is 27.2 Å². The van der Waals surface area contributed by atoms with Crippen LogP contribution in [0.1, 0.15) is 52.9 Å². The Labute approximate surface area is 107 Å². The van der Waals surface area contributed by atoms with Crippen molar-refractivity contribution in [3.05, 3.63) is 0 Å². The van der Waals surface area contributed by atoms with Crippen molar-refractivity contribution in [2.24, 2.45) is 5.41 Å². The number of unbranched alkanes of at least 4 members (excludes halogenated alkanes) is 3. The number of hydrogen-bond acceptors (Lipinski definition) is 2. The zero-order valence-corrected chi connectivity index (χ0v) is 12.3. The summed E-state index contributed by atoms with van der Waals surface area (Å²) in [5, 5.41) is 3.01. The minimum atomic E-state index is -0.222. The monoisotopic (exact) mass is 242 g/mol. The standard InChI is InChI=1S/C14H30N2O/c1-6-7-8-9-10-14(2,3)13(17)15-11-12-16(4)5/h6-12H2,1-5H3,(H,15,17). The molecule has 0 aromatic carbocycles. The molecule has 0 bridgehead atoms. The molecule has 0 saturated carbocycles. The molecule has 3 heteroatoms. The summed E-state index contributed by atoms with van der Waals surface area (Å²) in [7, 11) is 4.03. The van der Waals surface area contributed by atoms with E-state index in [2.05, 4.69) is 17.1 Å². The maximum Gasteiger partial charge on any atom is 0.225 e. The van der Waals surface area contributed by atoms with E-state index in [-0.39, 0.29) is 11.3 Å². The minimum absolute atomic E-state index is 0.191. The number of carbonyl (C=O) groups excluding carboxylic acids is 1. The number of likely N-dealkylation sites (N-methyl/N-ethyl adjacent to an activating group) is 1. The minimum Gasteiger partial charge on any atom is -0.354 e. The van der Waals surface area contributed by atoms with Crippen LogP contribution < -0.4 is 5.32 Å². The van der Waals surface area contributed by atoms with E-state index in [9.17, 15) is 4.79 Å². The third-order valence-corrected chi connectivity index (χ3v) is 3.11. The molecule has 0 aliphatic heterocycles. The van der Waals surface area contributed by atoms with Crippen molar-refractivity contribution in [3.8, 4) is 0 Å². The zero-order valence-electron chi connectivity index (χ0n) is 12.3. The van der Waals surface area contributed by atoms with Crippen molar-refractivity contribution in [1.29, 1.82) is 0 Å². The van der Waals surface area contributed by atoms with Crippen molar-refractivity contribution >= 4 is 5.91 Å². The molecule has 0 fully saturated rings. The highest BCUT2D eigenvalue weighted by atomic mass is 16.2. The van der Waals surface area contributed by atoms with E-state index in [1.165, 1.54) is 19.3 Å². The van der Waals surface area contributed by atoms with Crippen LogP contribution in [0.3, 0.4) is 0 Å². The highest BCUT2D eigenvalue weighted by Gasteiger charge is 2.26. The normalized spacial score (nSPS) is 11.9. The van der Waals surface area contributed by atoms with E-state index in [0.29, 0.717) is 0 Å². The average molecular weight is 242 g/mol. The van der Waals surface area contributed by atoms with Gasteiger partial charge in [-0.25, -0.2) is 0 Å². The molecule has 0 aliphatic carbocycles. The molecule has 0 spiro atoms. The number of nitrogens with zero attached hydrogens (tertiary/aromatic N) is 1. The number of carbonyl (C=O) groups is 1. The van der Waals surface area contributed by atoms with E-state index in [1.54, 1.807) is 0 Å². The molecule has 1 N–H and O–H groups in total. The quantitative estimate of drug-likeness (QED) is 0.630. The Morgan fingerprint density at radius 1 is 1.18 bits per heavy atom. The van der Waals surface area contributed by atoms with Crippen LogP contribution in [0.2, 0.25) is 0 Å². The largest absolute Gasteiger partial charge is 0.354 e. The molecule has 0 aromatic rings. The predicted octanol–water partition coefficient (Wildman–Crippen LogP) is 2.66. The van der Waals surface area contributed by atoms with Gasteiger partial charge in [-0.05, 0) is 20.5 Å². The second-order valence-corrected chi connectivity index (χ2v) is 5.75. The Balaban J connectivity index is 3.82. The lowest BCUT2D eigenvalue weighted by Gasteiger charge is -2.24. The van der Waals surface area contributed by atoms with Gasteiger partial charge in [0.25, 0.3) is 0 Å². The lowest BCUT2D eigenvalue weighted by atomic mass is 9.86. The van der Waals surface area contributed by atoms with Crippen LogP contribution >= 0.6 is 0 Å². The van der Waals surface area contributed by atoms with E-state index in [0.717, 1.165) is 25.9 Å². The van der Waals surface area contributed by atoms with Gasteiger partial charge in [-0.1, -0.05) is 46.5 Å². The summed E-state index contributed by atoms with van der Waals surface area (Å²) in [6, 6.07) is 0. The molecule has 17 heavy (non-hydrogen) atoms. The second-order valence-electron chi connectivity index (χ2n) is 5.75. The zero-order chi connectivity index (χ0) is 13.3. The van der Waals surface area contributed by atoms with Crippen molar-refractivity contribution in [3.63, 3.8) is 0 Å². The van der Waals surface area contributed by atoms with Crippen molar-refractivity contribution in [1.82, 2.24) is 10.2 Å². The Bertz CT molecular complexity index is 212. The lowest BCUT2D eigenvalue weighted by Crippen LogP contribution is -2.40. The Morgan fingerprint density at radius 3 is 2.35 bits per heavy atom. The predicted molar refractivity (Wildman–Crippen MR) is 74.1 cm³/mol. The average Bonchev–Trinajstić information content (AvgIpc) is 2.23. The highest BCUT2D eigenvalue weighted by molar-refractivity contribution is 5.81. The molecule has 102 valence electrons. The Morgan fingerprint density at radius 2 is 1.82 bits per heavy atom. The van der Waals surface area contributed by atoms with Crippen LogP contribution in [0.15, 0.2) is 0 Å². The molecule has 3 nitrogen and oxygen atoms in total. The Kier molecular flexibility index (Phi) is 8.23. The van der Waals surface area contributed by atoms with Gasteiger partial charge in [0.2, 0.25) is 5.91 Å². The molecule has 0 aliphatic rings. The second kappa shape index (κ2) is 8.51. The van der Waals surface area contributed by atoms with E-state index in [1.807, 2.05) is 27.9 Å². The summed E-state index contributed by atoms with van der Waals surface area (Å²) >= 11 is 0. The summed E-state index contributed by atoms with van der Waals surface area (Å²) < 4.78 is 0. The molecule has 0 unspecified atom stereocenters. The van der Waals surface area contributed by atoms with Gasteiger partial charge in [0.1, 0.15) is 0 Å². The van der Waals surface area contributed by atoms with Gasteiger partial charge in [0.05, 0.1) is 0 Å². The molecule has 0 aromatic heterocycles. The van der Waals surface area contributed by atoms with Crippen LogP contribution in [0.5, 0.6) is 0 Å². The first kappa shape index (κ1) is 16.4. The summed E-state index contributed by atoms with van der Waals surface area (Å²) in [6.07, 6.45) is 5.90. The fraction of sp³-hybridized carbons (Fsp3) is 0.929. The maximum atomic E-state index is 12.0. The number of nitrogens with one attached hydrogen (secondary N) is 1. The van der Waals surface area contributed by atoms with Crippen LogP contribution in [0.25, 0.3) is 0 Å². The van der Waals surface area contributed by atoms with Gasteiger partial charge < -0.3 is 10.2 Å². The van der Waals surface area contributed by atoms with Crippen LogP contribution in [-0.4, -0.2) is 38.0 Å². The lowest BCUT2D eigenvalue weighted by molar-refractivity contribution is -0.129. The third-order valence-electron chi connectivity index (χ3n) is 3.11. The van der Waals surface area contributed by atoms with Crippen LogP contribution in [-0.2, 0) is 4.79 Å². The van der Waals surface area contributed by atoms with Gasteiger partial charge in [-0.3, -0.25) is 4.79 Å². The molecule has 0 rings (SSSR count). The number of rotatable bonds is 9. The molecular weight excluding hydrogens is 212 g/mol. The first-order valence-electron chi connectivity index (χ1n) is 6.83. The molecule has 0 radical (unpaired) electrons. The van der Waals surface area contributed by atoms with Gasteiger partial charge >= 0.3 is 0 Å².